The van der Waals surface area contributed by atoms with Crippen molar-refractivity contribution in [3.63, 3.8) is 0 Å². The molecule has 0 aromatic carbocycles. The molecule has 0 saturated carbocycles. The summed E-state index contributed by atoms with van der Waals surface area (Å²) >= 11 is 0. The zero-order valence-corrected chi connectivity index (χ0v) is 6.94. The molecular weight excluding hydrogens is 176 g/mol. The van der Waals surface area contributed by atoms with E-state index in [0.717, 1.165) is 6.21 Å². The van der Waals surface area contributed by atoms with Gasteiger partial charge in [-0.25, -0.2) is 9.79 Å². The minimum atomic E-state index is -1.10. The first-order chi connectivity index (χ1) is 6.15. The molecule has 0 aromatic heterocycles. The molecule has 6 heteroatoms. The van der Waals surface area contributed by atoms with Crippen LogP contribution in [0.4, 0.5) is 4.79 Å². The number of nitrogens with zero attached hydrogens (tertiary/aromatic N) is 1. The number of hydrogen-bond donors (Lipinski definition) is 1. The Labute approximate surface area is 74.0 Å². The van der Waals surface area contributed by atoms with Crippen molar-refractivity contribution in [2.24, 2.45) is 10.9 Å². The molecule has 1 rings (SSSR count). The number of imide groups is 1. The van der Waals surface area contributed by atoms with Crippen molar-refractivity contribution in [1.82, 2.24) is 5.32 Å². The van der Waals surface area contributed by atoms with Gasteiger partial charge < -0.3 is 4.74 Å². The summed E-state index contributed by atoms with van der Waals surface area (Å²) in [6.07, 6.45) is 0.985. The smallest absolute Gasteiger partial charge is 0.347 e. The summed E-state index contributed by atoms with van der Waals surface area (Å²) in [7, 11) is 0. The number of carbonyl (C=O) groups excluding carboxylic acids is 3. The molecule has 6 nitrogen and oxygen atoms in total. The fraction of sp³-hybridized carbons (Fsp3) is 0.429. The number of urea groups is 1. The third kappa shape index (κ3) is 2.11. The Balaban J connectivity index is 2.70. The number of aliphatic imine (C=N–C) groups is 1. The summed E-state index contributed by atoms with van der Waals surface area (Å²) < 4.78 is 4.58. The summed E-state index contributed by atoms with van der Waals surface area (Å²) in [5.74, 6) is -2.49. The number of rotatable bonds is 2. The largest absolute Gasteiger partial charge is 0.465 e. The molecule has 70 valence electrons. The Morgan fingerprint density at radius 1 is 1.69 bits per heavy atom. The molecule has 0 fully saturated rings. The van der Waals surface area contributed by atoms with Gasteiger partial charge in [0.2, 0.25) is 5.91 Å². The fourth-order valence-corrected chi connectivity index (χ4v) is 0.825. The monoisotopic (exact) mass is 184 g/mol. The highest BCUT2D eigenvalue weighted by Crippen LogP contribution is 2.01. The topological polar surface area (TPSA) is 84.8 Å². The summed E-state index contributed by atoms with van der Waals surface area (Å²) in [6.45, 7) is 1.81. The molecule has 1 aliphatic rings. The summed E-state index contributed by atoms with van der Waals surface area (Å²) in [6, 6.07) is -0.759. The van der Waals surface area contributed by atoms with Crippen molar-refractivity contribution in [1.29, 1.82) is 0 Å². The Morgan fingerprint density at radius 2 is 2.38 bits per heavy atom. The highest BCUT2D eigenvalue weighted by molar-refractivity contribution is 6.19. The van der Waals surface area contributed by atoms with Crippen LogP contribution in [0, 0.1) is 5.92 Å². The Hall–Kier alpha value is -1.72. The lowest BCUT2D eigenvalue weighted by Gasteiger charge is -2.12. The molecular formula is C7H8N2O4. The van der Waals surface area contributed by atoms with Crippen LogP contribution in [0.25, 0.3) is 0 Å². The molecule has 0 radical (unpaired) electrons. The van der Waals surface area contributed by atoms with Crippen molar-refractivity contribution in [2.45, 2.75) is 6.92 Å². The van der Waals surface area contributed by atoms with E-state index in [2.05, 4.69) is 9.73 Å². The predicted octanol–water partition coefficient (Wildman–Crippen LogP) is -0.514. The first-order valence-electron chi connectivity index (χ1n) is 3.70. The van der Waals surface area contributed by atoms with Gasteiger partial charge in [0.05, 0.1) is 6.61 Å². The Morgan fingerprint density at radius 3 is 2.92 bits per heavy atom. The Bertz CT molecular complexity index is 284. The minimum absolute atomic E-state index is 0.185. The lowest BCUT2D eigenvalue weighted by molar-refractivity contribution is -0.148. The third-order valence-electron chi connectivity index (χ3n) is 1.39. The van der Waals surface area contributed by atoms with Gasteiger partial charge in [-0.05, 0) is 6.92 Å². The molecule has 1 unspecified atom stereocenters. The van der Waals surface area contributed by atoms with Gasteiger partial charge in [0.15, 0.2) is 5.92 Å². The molecule has 0 saturated heterocycles. The standard InChI is InChI=1S/C7H8N2O4/c1-2-13-6(11)4-3-8-7(12)9-5(4)10/h3-4H,2H2,1H3,(H,9,10,12). The van der Waals surface area contributed by atoms with E-state index in [4.69, 9.17) is 0 Å². The first kappa shape index (κ1) is 9.37. The maximum absolute atomic E-state index is 11.0. The highest BCUT2D eigenvalue weighted by atomic mass is 16.5. The molecule has 3 amide bonds. The molecule has 0 bridgehead atoms. The van der Waals surface area contributed by atoms with Crippen LogP contribution in [-0.2, 0) is 14.3 Å². The van der Waals surface area contributed by atoms with Crippen molar-refractivity contribution in [3.05, 3.63) is 0 Å². The van der Waals surface area contributed by atoms with Crippen LogP contribution in [0.5, 0.6) is 0 Å². The van der Waals surface area contributed by atoms with Crippen LogP contribution in [0.3, 0.4) is 0 Å². The van der Waals surface area contributed by atoms with Gasteiger partial charge in [0.25, 0.3) is 0 Å². The fourth-order valence-electron chi connectivity index (χ4n) is 0.825. The van der Waals surface area contributed by atoms with Crippen molar-refractivity contribution in [3.8, 4) is 0 Å². The van der Waals surface area contributed by atoms with Gasteiger partial charge in [-0.3, -0.25) is 14.9 Å². The highest BCUT2D eigenvalue weighted by Gasteiger charge is 2.30. The van der Waals surface area contributed by atoms with E-state index in [1.165, 1.54) is 0 Å². The molecule has 1 aliphatic heterocycles. The average molecular weight is 184 g/mol. The molecule has 1 heterocycles. The van der Waals surface area contributed by atoms with Crippen LogP contribution in [0.2, 0.25) is 0 Å². The second-order valence-corrected chi connectivity index (χ2v) is 2.30. The third-order valence-corrected chi connectivity index (χ3v) is 1.39. The van der Waals surface area contributed by atoms with E-state index < -0.39 is 23.8 Å². The Kier molecular flexibility index (Phi) is 2.73. The van der Waals surface area contributed by atoms with Gasteiger partial charge in [-0.1, -0.05) is 0 Å². The van der Waals surface area contributed by atoms with E-state index in [-0.39, 0.29) is 6.61 Å². The zero-order chi connectivity index (χ0) is 9.84. The number of hydrogen-bond acceptors (Lipinski definition) is 4. The molecule has 1 atom stereocenters. The van der Waals surface area contributed by atoms with Gasteiger partial charge in [-0.2, -0.15) is 0 Å². The summed E-state index contributed by atoms with van der Waals surface area (Å²) in [5.41, 5.74) is 0. The number of amides is 3. The predicted molar refractivity (Wildman–Crippen MR) is 42.2 cm³/mol. The quantitative estimate of drug-likeness (QED) is 0.462. The van der Waals surface area contributed by atoms with Gasteiger partial charge in [0, 0.05) is 6.21 Å². The molecule has 0 spiro atoms. The van der Waals surface area contributed by atoms with Gasteiger partial charge in [-0.15, -0.1) is 0 Å². The average Bonchev–Trinajstić information content (AvgIpc) is 2.04. The normalized spacial score (nSPS) is 21.2. The second-order valence-electron chi connectivity index (χ2n) is 2.30. The van der Waals surface area contributed by atoms with Crippen molar-refractivity contribution in [2.75, 3.05) is 6.61 Å². The first-order valence-corrected chi connectivity index (χ1v) is 3.70. The van der Waals surface area contributed by atoms with Crippen LogP contribution >= 0.6 is 0 Å². The molecule has 1 N–H and O–H groups in total. The SMILES string of the molecule is CCOC(=O)C1C=NC(=O)NC1=O. The second kappa shape index (κ2) is 3.79. The van der Waals surface area contributed by atoms with Crippen LogP contribution in [-0.4, -0.2) is 30.7 Å². The lowest BCUT2D eigenvalue weighted by atomic mass is 10.1. The van der Waals surface area contributed by atoms with E-state index in [1.54, 1.807) is 6.92 Å². The molecule has 0 aromatic rings. The number of esters is 1. The van der Waals surface area contributed by atoms with Gasteiger partial charge >= 0.3 is 12.0 Å². The van der Waals surface area contributed by atoms with Crippen molar-refractivity contribution < 1.29 is 19.1 Å². The van der Waals surface area contributed by atoms with Gasteiger partial charge in [0.1, 0.15) is 0 Å². The van der Waals surface area contributed by atoms with E-state index in [1.807, 2.05) is 5.32 Å². The molecule has 13 heavy (non-hydrogen) atoms. The number of ether oxygens (including phenoxy) is 1. The van der Waals surface area contributed by atoms with Crippen LogP contribution in [0.15, 0.2) is 4.99 Å². The van der Waals surface area contributed by atoms with Crippen LogP contribution in [0.1, 0.15) is 6.92 Å². The van der Waals surface area contributed by atoms with E-state index >= 15 is 0 Å². The maximum Gasteiger partial charge on any atom is 0.347 e. The van der Waals surface area contributed by atoms with Crippen molar-refractivity contribution >= 4 is 24.1 Å². The van der Waals surface area contributed by atoms with E-state index in [0.29, 0.717) is 0 Å². The minimum Gasteiger partial charge on any atom is -0.465 e. The van der Waals surface area contributed by atoms with Crippen LogP contribution < -0.4 is 5.32 Å². The lowest BCUT2D eigenvalue weighted by Crippen LogP contribution is -2.43. The summed E-state index contributed by atoms with van der Waals surface area (Å²) in [5, 5.41) is 1.89. The number of carbonyl (C=O) groups is 3. The zero-order valence-electron chi connectivity index (χ0n) is 6.94. The summed E-state index contributed by atoms with van der Waals surface area (Å²) in [4.78, 5) is 35.8. The molecule has 0 aliphatic carbocycles. The maximum atomic E-state index is 11.0. The van der Waals surface area contributed by atoms with E-state index in [9.17, 15) is 14.4 Å². The number of nitrogens with one attached hydrogen (secondary N) is 1.